The van der Waals surface area contributed by atoms with E-state index in [-0.39, 0.29) is 18.7 Å². The monoisotopic (exact) mass is 372 g/mol. The lowest BCUT2D eigenvalue weighted by Crippen LogP contribution is -2.32. The first kappa shape index (κ1) is 16.7. The van der Waals surface area contributed by atoms with E-state index in [0.717, 1.165) is 18.4 Å². The largest absolute Gasteiger partial charge is 0.454 e. The molecular formula is C19H17ClN2O4. The van der Waals surface area contributed by atoms with Gasteiger partial charge in [0.05, 0.1) is 5.02 Å². The number of benzene rings is 2. The van der Waals surface area contributed by atoms with Crippen LogP contribution in [0, 0.1) is 0 Å². The van der Waals surface area contributed by atoms with Gasteiger partial charge in [0.1, 0.15) is 0 Å². The number of hydrogen-bond acceptors (Lipinski definition) is 4. The topological polar surface area (TPSA) is 81.9 Å². The van der Waals surface area contributed by atoms with Crippen molar-refractivity contribution >= 4 is 23.4 Å². The van der Waals surface area contributed by atoms with Crippen molar-refractivity contribution < 1.29 is 19.1 Å². The maximum atomic E-state index is 13.1. The Bertz CT molecular complexity index is 878. The van der Waals surface area contributed by atoms with Gasteiger partial charge in [0.15, 0.2) is 11.5 Å². The van der Waals surface area contributed by atoms with E-state index in [0.29, 0.717) is 34.2 Å². The number of primary amides is 1. The van der Waals surface area contributed by atoms with Crippen LogP contribution in [-0.2, 0) is 6.54 Å². The Labute approximate surface area is 155 Å². The van der Waals surface area contributed by atoms with Gasteiger partial charge in [-0.3, -0.25) is 9.59 Å². The second-order valence-corrected chi connectivity index (χ2v) is 6.82. The van der Waals surface area contributed by atoms with E-state index >= 15 is 0 Å². The molecule has 1 fully saturated rings. The van der Waals surface area contributed by atoms with Gasteiger partial charge in [0, 0.05) is 23.7 Å². The molecule has 2 N–H and O–H groups in total. The molecule has 0 unspecified atom stereocenters. The highest BCUT2D eigenvalue weighted by molar-refractivity contribution is 6.32. The van der Waals surface area contributed by atoms with Crippen LogP contribution < -0.4 is 15.2 Å². The molecule has 1 aliphatic carbocycles. The van der Waals surface area contributed by atoms with E-state index in [2.05, 4.69) is 0 Å². The number of amides is 2. The molecule has 0 bridgehead atoms. The minimum Gasteiger partial charge on any atom is -0.454 e. The summed E-state index contributed by atoms with van der Waals surface area (Å²) in [5.74, 6) is 0.388. The first-order chi connectivity index (χ1) is 12.5. The molecule has 0 aromatic heterocycles. The summed E-state index contributed by atoms with van der Waals surface area (Å²) in [5.41, 5.74) is 7.12. The van der Waals surface area contributed by atoms with Crippen molar-refractivity contribution in [3.63, 3.8) is 0 Å². The molecule has 7 heteroatoms. The number of halogens is 1. The zero-order valence-electron chi connectivity index (χ0n) is 13.9. The van der Waals surface area contributed by atoms with E-state index in [4.69, 9.17) is 26.8 Å². The van der Waals surface area contributed by atoms with Crippen molar-refractivity contribution in [1.82, 2.24) is 4.90 Å². The van der Waals surface area contributed by atoms with Gasteiger partial charge in [-0.25, -0.2) is 0 Å². The van der Waals surface area contributed by atoms with Gasteiger partial charge in [-0.2, -0.15) is 0 Å². The van der Waals surface area contributed by atoms with Crippen molar-refractivity contribution in [2.24, 2.45) is 5.73 Å². The first-order valence-electron chi connectivity index (χ1n) is 8.32. The average molecular weight is 373 g/mol. The lowest BCUT2D eigenvalue weighted by molar-refractivity contribution is 0.0729. The van der Waals surface area contributed by atoms with Gasteiger partial charge in [0.25, 0.3) is 5.91 Å². The Hall–Kier alpha value is -2.73. The molecule has 1 aliphatic heterocycles. The van der Waals surface area contributed by atoms with Crippen LogP contribution in [0.15, 0.2) is 36.4 Å². The van der Waals surface area contributed by atoms with E-state index < -0.39 is 5.91 Å². The van der Waals surface area contributed by atoms with Gasteiger partial charge < -0.3 is 20.1 Å². The Kier molecular flexibility index (Phi) is 4.20. The lowest BCUT2D eigenvalue weighted by Gasteiger charge is -2.23. The third kappa shape index (κ3) is 3.20. The van der Waals surface area contributed by atoms with Crippen molar-refractivity contribution in [1.29, 1.82) is 0 Å². The summed E-state index contributed by atoms with van der Waals surface area (Å²) in [5, 5.41) is 0.366. The number of carbonyl (C=O) groups excluding carboxylic acids is 2. The van der Waals surface area contributed by atoms with Crippen molar-refractivity contribution in [2.45, 2.75) is 25.4 Å². The number of rotatable bonds is 5. The molecule has 0 radical (unpaired) electrons. The van der Waals surface area contributed by atoms with Crippen LogP contribution in [0.25, 0.3) is 0 Å². The highest BCUT2D eigenvalue weighted by atomic mass is 35.5. The summed E-state index contributed by atoms with van der Waals surface area (Å²) < 4.78 is 10.7. The summed E-state index contributed by atoms with van der Waals surface area (Å²) in [7, 11) is 0. The molecule has 2 aliphatic rings. The fraction of sp³-hybridized carbons (Fsp3) is 0.263. The van der Waals surface area contributed by atoms with E-state index in [9.17, 15) is 9.59 Å². The Morgan fingerprint density at radius 1 is 1.12 bits per heavy atom. The summed E-state index contributed by atoms with van der Waals surface area (Å²) in [6, 6.07) is 10.5. The smallest absolute Gasteiger partial charge is 0.254 e. The molecule has 4 rings (SSSR count). The summed E-state index contributed by atoms with van der Waals surface area (Å²) in [4.78, 5) is 26.1. The van der Waals surface area contributed by atoms with E-state index in [1.165, 1.54) is 0 Å². The second-order valence-electron chi connectivity index (χ2n) is 6.42. The summed E-state index contributed by atoms with van der Waals surface area (Å²) in [6.07, 6.45) is 1.95. The fourth-order valence-electron chi connectivity index (χ4n) is 2.98. The molecule has 6 nitrogen and oxygen atoms in total. The maximum absolute atomic E-state index is 13.1. The summed E-state index contributed by atoms with van der Waals surface area (Å²) >= 11 is 6.21. The van der Waals surface area contributed by atoms with Gasteiger partial charge in [-0.05, 0) is 42.7 Å². The molecule has 2 aromatic rings. The van der Waals surface area contributed by atoms with Crippen molar-refractivity contribution in [3.8, 4) is 11.5 Å². The molecule has 0 saturated heterocycles. The SMILES string of the molecule is NC(=O)c1ccc(CN(C(=O)c2cc(Cl)c3c(c2)OCO3)C2CC2)cc1. The third-order valence-corrected chi connectivity index (χ3v) is 4.79. The molecule has 1 saturated carbocycles. The minimum absolute atomic E-state index is 0.102. The van der Waals surface area contributed by atoms with Gasteiger partial charge in [-0.15, -0.1) is 0 Å². The van der Waals surface area contributed by atoms with Gasteiger partial charge >= 0.3 is 0 Å². The normalized spacial score (nSPS) is 15.0. The number of nitrogens with two attached hydrogens (primary N) is 1. The van der Waals surface area contributed by atoms with Crippen LogP contribution in [0.4, 0.5) is 0 Å². The van der Waals surface area contributed by atoms with Crippen LogP contribution in [0.1, 0.15) is 39.1 Å². The fourth-order valence-corrected chi connectivity index (χ4v) is 3.25. The molecule has 2 aromatic carbocycles. The Balaban J connectivity index is 1.58. The predicted octanol–water partition coefficient (Wildman–Crippen LogP) is 2.97. The number of nitrogens with zero attached hydrogens (tertiary/aromatic N) is 1. The molecule has 134 valence electrons. The van der Waals surface area contributed by atoms with Crippen LogP contribution >= 0.6 is 11.6 Å². The minimum atomic E-state index is -0.471. The highest BCUT2D eigenvalue weighted by Crippen LogP contribution is 2.40. The van der Waals surface area contributed by atoms with Gasteiger partial charge in [0.2, 0.25) is 12.7 Å². The first-order valence-corrected chi connectivity index (χ1v) is 8.69. The Morgan fingerprint density at radius 2 is 1.85 bits per heavy atom. The molecule has 26 heavy (non-hydrogen) atoms. The number of fused-ring (bicyclic) bond motifs is 1. The van der Waals surface area contributed by atoms with E-state index in [1.54, 1.807) is 24.3 Å². The Morgan fingerprint density at radius 3 is 2.50 bits per heavy atom. The quantitative estimate of drug-likeness (QED) is 0.874. The number of carbonyl (C=O) groups is 2. The zero-order chi connectivity index (χ0) is 18.3. The second kappa shape index (κ2) is 6.53. The molecular weight excluding hydrogens is 356 g/mol. The average Bonchev–Trinajstić information content (AvgIpc) is 3.36. The third-order valence-electron chi connectivity index (χ3n) is 4.51. The molecule has 0 atom stereocenters. The van der Waals surface area contributed by atoms with Gasteiger partial charge in [-0.1, -0.05) is 23.7 Å². The lowest BCUT2D eigenvalue weighted by atomic mass is 10.1. The van der Waals surface area contributed by atoms with Crippen LogP contribution in [-0.4, -0.2) is 29.5 Å². The molecule has 0 spiro atoms. The summed E-state index contributed by atoms with van der Waals surface area (Å²) in [6.45, 7) is 0.555. The molecule has 1 heterocycles. The van der Waals surface area contributed by atoms with Crippen LogP contribution in [0.2, 0.25) is 5.02 Å². The van der Waals surface area contributed by atoms with Crippen LogP contribution in [0.5, 0.6) is 11.5 Å². The standard InChI is InChI=1S/C19H17ClN2O4/c20-15-7-13(8-16-17(15)26-10-25-16)19(24)22(14-5-6-14)9-11-1-3-12(4-2-11)18(21)23/h1-4,7-8,14H,5-6,9-10H2,(H2,21,23). The highest BCUT2D eigenvalue weighted by Gasteiger charge is 2.34. The molecule has 2 amide bonds. The van der Waals surface area contributed by atoms with Crippen molar-refractivity contribution in [2.75, 3.05) is 6.79 Å². The maximum Gasteiger partial charge on any atom is 0.254 e. The van der Waals surface area contributed by atoms with E-state index in [1.807, 2.05) is 17.0 Å². The van der Waals surface area contributed by atoms with Crippen molar-refractivity contribution in [3.05, 3.63) is 58.1 Å². The van der Waals surface area contributed by atoms with Crippen LogP contribution in [0.3, 0.4) is 0 Å². The number of ether oxygens (including phenoxy) is 2. The zero-order valence-corrected chi connectivity index (χ0v) is 14.7. The predicted molar refractivity (Wildman–Crippen MR) is 95.4 cm³/mol. The number of hydrogen-bond donors (Lipinski definition) is 1.